The Morgan fingerprint density at radius 3 is 1.45 bits per heavy atom. The molecule has 0 spiro atoms. The van der Waals surface area contributed by atoms with Gasteiger partial charge in [0.05, 0.1) is 26.4 Å². The highest BCUT2D eigenvalue weighted by atomic mass is 16.7. The average molecular weight is 611 g/mol. The van der Waals surface area contributed by atoms with Gasteiger partial charge in [0.15, 0.2) is 12.6 Å². The summed E-state index contributed by atoms with van der Waals surface area (Å²) in [5.41, 5.74) is 0. The summed E-state index contributed by atoms with van der Waals surface area (Å²) in [5, 5.41) is 70.0. The maximum Gasteiger partial charge on any atom is 0.186 e. The Hall–Kier alpha value is -0.480. The number of ether oxygens (including phenoxy) is 5. The molecule has 0 saturated carbocycles. The minimum atomic E-state index is -1.62. The number of aliphatic hydroxyl groups is 7. The van der Waals surface area contributed by atoms with Crippen LogP contribution in [0.4, 0.5) is 0 Å². The third kappa shape index (κ3) is 13.3. The second-order valence-electron chi connectivity index (χ2n) is 11.6. The molecule has 2 rings (SSSR count). The molecule has 2 saturated heterocycles. The smallest absolute Gasteiger partial charge is 0.186 e. The van der Waals surface area contributed by atoms with E-state index in [1.807, 2.05) is 0 Å². The second-order valence-corrected chi connectivity index (χ2v) is 11.6. The summed E-state index contributed by atoms with van der Waals surface area (Å²) in [5.74, 6) is 0. The van der Waals surface area contributed by atoms with Crippen LogP contribution in [0.15, 0.2) is 0 Å². The van der Waals surface area contributed by atoms with E-state index in [0.717, 1.165) is 12.8 Å². The zero-order valence-corrected chi connectivity index (χ0v) is 25.4. The molecule has 0 aromatic carbocycles. The predicted octanol–water partition coefficient (Wildman–Crippen LogP) is 1.13. The van der Waals surface area contributed by atoms with Crippen molar-refractivity contribution in [3.05, 3.63) is 0 Å². The summed E-state index contributed by atoms with van der Waals surface area (Å²) in [4.78, 5) is 0. The topological polar surface area (TPSA) is 188 Å². The summed E-state index contributed by atoms with van der Waals surface area (Å²) in [7, 11) is 0. The molecular weight excluding hydrogens is 552 g/mol. The van der Waals surface area contributed by atoms with Crippen LogP contribution < -0.4 is 0 Å². The first-order valence-corrected chi connectivity index (χ1v) is 16.1. The third-order valence-corrected chi connectivity index (χ3v) is 8.09. The van der Waals surface area contributed by atoms with E-state index in [0.29, 0.717) is 6.61 Å². The quantitative estimate of drug-likeness (QED) is 0.0819. The van der Waals surface area contributed by atoms with Gasteiger partial charge in [-0.3, -0.25) is 0 Å². The molecule has 0 bridgehead atoms. The fraction of sp³-hybridized carbons (Fsp3) is 1.00. The molecule has 12 heteroatoms. The Morgan fingerprint density at radius 1 is 0.476 bits per heavy atom. The predicted molar refractivity (Wildman–Crippen MR) is 153 cm³/mol. The summed E-state index contributed by atoms with van der Waals surface area (Å²) in [6, 6.07) is 0. The van der Waals surface area contributed by atoms with Gasteiger partial charge in [-0.15, -0.1) is 0 Å². The minimum absolute atomic E-state index is 0.101. The lowest BCUT2D eigenvalue weighted by Gasteiger charge is -2.42. The standard InChI is InChI=1S/C30H58O12/c1-2-3-4-5-6-7-8-9-10-11-12-13-14-15-16-38-17-18-39-29-27(36)26(35)24(33)22(42-29)20-40-30-28(37)25(34)23(32)21(19-31)41-30/h21-37H,2-20H2,1H3/t21-,22-,23+,24-,25+,26+,27-,28-,29-,30+/m1/s1. The largest absolute Gasteiger partial charge is 0.394 e. The van der Waals surface area contributed by atoms with E-state index in [-0.39, 0.29) is 13.2 Å². The third-order valence-electron chi connectivity index (χ3n) is 8.09. The molecule has 2 heterocycles. The van der Waals surface area contributed by atoms with Gasteiger partial charge in [-0.25, -0.2) is 0 Å². The van der Waals surface area contributed by atoms with Gasteiger partial charge in [-0.1, -0.05) is 90.4 Å². The van der Waals surface area contributed by atoms with Crippen LogP contribution in [0.3, 0.4) is 0 Å². The van der Waals surface area contributed by atoms with E-state index in [1.54, 1.807) is 0 Å². The van der Waals surface area contributed by atoms with E-state index < -0.39 is 74.6 Å². The Labute approximate surface area is 250 Å². The molecular formula is C30H58O12. The van der Waals surface area contributed by atoms with E-state index in [4.69, 9.17) is 23.7 Å². The van der Waals surface area contributed by atoms with Crippen LogP contribution in [0.2, 0.25) is 0 Å². The SMILES string of the molecule is CCCCCCCCCCCCCCCCOCCO[C@@H]1O[C@H](CO[C@H]2O[C@H](CO)[C@H](O)[C@H](O)[C@H]2O)[C@@H](O)[C@H](O)[C@H]1O. The van der Waals surface area contributed by atoms with Gasteiger partial charge in [0.1, 0.15) is 48.8 Å². The summed E-state index contributed by atoms with van der Waals surface area (Å²) in [6.45, 7) is 2.21. The molecule has 0 aromatic heterocycles. The first kappa shape index (κ1) is 37.7. The van der Waals surface area contributed by atoms with E-state index in [1.165, 1.54) is 77.0 Å². The van der Waals surface area contributed by atoms with Crippen molar-refractivity contribution in [2.75, 3.05) is 33.0 Å². The van der Waals surface area contributed by atoms with Gasteiger partial charge in [0.25, 0.3) is 0 Å². The highest BCUT2D eigenvalue weighted by Crippen LogP contribution is 2.26. The van der Waals surface area contributed by atoms with Crippen molar-refractivity contribution < 1.29 is 59.4 Å². The lowest BCUT2D eigenvalue weighted by atomic mass is 9.98. The van der Waals surface area contributed by atoms with Crippen molar-refractivity contribution in [3.8, 4) is 0 Å². The minimum Gasteiger partial charge on any atom is -0.394 e. The number of hydrogen-bond donors (Lipinski definition) is 7. The van der Waals surface area contributed by atoms with E-state index >= 15 is 0 Å². The molecule has 250 valence electrons. The number of hydrogen-bond acceptors (Lipinski definition) is 12. The molecule has 10 atom stereocenters. The summed E-state index contributed by atoms with van der Waals surface area (Å²) >= 11 is 0. The molecule has 0 aromatic rings. The van der Waals surface area contributed by atoms with Crippen molar-refractivity contribution in [2.24, 2.45) is 0 Å². The van der Waals surface area contributed by atoms with Crippen LogP contribution in [0.25, 0.3) is 0 Å². The van der Waals surface area contributed by atoms with E-state index in [9.17, 15) is 35.7 Å². The molecule has 12 nitrogen and oxygen atoms in total. The Morgan fingerprint density at radius 2 is 0.929 bits per heavy atom. The Bertz CT molecular complexity index is 656. The fourth-order valence-electron chi connectivity index (χ4n) is 5.31. The van der Waals surface area contributed by atoms with Crippen molar-refractivity contribution in [1.82, 2.24) is 0 Å². The Balaban J connectivity index is 1.52. The number of unbranched alkanes of at least 4 members (excludes halogenated alkanes) is 13. The van der Waals surface area contributed by atoms with Gasteiger partial charge in [-0.05, 0) is 6.42 Å². The average Bonchev–Trinajstić information content (AvgIpc) is 2.99. The van der Waals surface area contributed by atoms with Crippen molar-refractivity contribution >= 4 is 0 Å². The van der Waals surface area contributed by atoms with Gasteiger partial charge in [-0.2, -0.15) is 0 Å². The first-order chi connectivity index (χ1) is 20.3. The van der Waals surface area contributed by atoms with Crippen LogP contribution in [0.1, 0.15) is 96.8 Å². The fourth-order valence-corrected chi connectivity index (χ4v) is 5.31. The lowest BCUT2D eigenvalue weighted by molar-refractivity contribution is -0.331. The summed E-state index contributed by atoms with van der Waals surface area (Å²) < 4.78 is 27.4. The summed E-state index contributed by atoms with van der Waals surface area (Å²) in [6.07, 6.45) is 3.68. The van der Waals surface area contributed by atoms with Crippen LogP contribution in [0.5, 0.6) is 0 Å². The maximum atomic E-state index is 10.3. The molecule has 2 aliphatic rings. The number of rotatable bonds is 23. The molecule has 2 aliphatic heterocycles. The van der Waals surface area contributed by atoms with Crippen LogP contribution >= 0.6 is 0 Å². The zero-order chi connectivity index (χ0) is 30.7. The van der Waals surface area contributed by atoms with Gasteiger partial charge < -0.3 is 59.4 Å². The molecule has 0 radical (unpaired) electrons. The molecule has 0 amide bonds. The van der Waals surface area contributed by atoms with E-state index in [2.05, 4.69) is 6.92 Å². The first-order valence-electron chi connectivity index (χ1n) is 16.1. The van der Waals surface area contributed by atoms with Crippen molar-refractivity contribution in [2.45, 2.75) is 158 Å². The molecule has 7 N–H and O–H groups in total. The van der Waals surface area contributed by atoms with Crippen molar-refractivity contribution in [1.29, 1.82) is 0 Å². The molecule has 0 aliphatic carbocycles. The highest BCUT2D eigenvalue weighted by Gasteiger charge is 2.47. The van der Waals surface area contributed by atoms with Crippen LogP contribution in [-0.2, 0) is 23.7 Å². The van der Waals surface area contributed by atoms with Gasteiger partial charge >= 0.3 is 0 Å². The number of aliphatic hydroxyl groups excluding tert-OH is 7. The van der Waals surface area contributed by atoms with Gasteiger partial charge in [0, 0.05) is 6.61 Å². The molecule has 42 heavy (non-hydrogen) atoms. The van der Waals surface area contributed by atoms with Gasteiger partial charge in [0.2, 0.25) is 0 Å². The van der Waals surface area contributed by atoms with Crippen LogP contribution in [-0.4, -0.2) is 130 Å². The second kappa shape index (κ2) is 22.1. The normalized spacial score (nSPS) is 33.7. The zero-order valence-electron chi connectivity index (χ0n) is 25.4. The Kier molecular flexibility index (Phi) is 19.8. The highest BCUT2D eigenvalue weighted by molar-refractivity contribution is 4.91. The maximum absolute atomic E-state index is 10.3. The molecule has 0 unspecified atom stereocenters. The van der Waals surface area contributed by atoms with Crippen molar-refractivity contribution in [3.63, 3.8) is 0 Å². The lowest BCUT2D eigenvalue weighted by Crippen LogP contribution is -2.61. The van der Waals surface area contributed by atoms with Crippen LogP contribution in [0, 0.1) is 0 Å². The monoisotopic (exact) mass is 610 g/mol. The molecule has 2 fully saturated rings.